The van der Waals surface area contributed by atoms with Crippen LogP contribution in [0.1, 0.15) is 68.3 Å². The first-order chi connectivity index (χ1) is 11.1. The lowest BCUT2D eigenvalue weighted by molar-refractivity contribution is -0.122. The maximum atomic E-state index is 12.2. The van der Waals surface area contributed by atoms with E-state index in [9.17, 15) is 4.79 Å². The average Bonchev–Trinajstić information content (AvgIpc) is 2.87. The molecule has 5 nitrogen and oxygen atoms in total. The number of nitrogens with one attached hydrogen (secondary N) is 3. The first-order valence-corrected chi connectivity index (χ1v) is 9.19. The van der Waals surface area contributed by atoms with Crippen molar-refractivity contribution in [2.24, 2.45) is 0 Å². The highest BCUT2D eigenvalue weighted by atomic mass is 16.1. The molecule has 2 fully saturated rings. The lowest BCUT2D eigenvalue weighted by Crippen LogP contribution is -2.59. The topological polar surface area (TPSA) is 69.8 Å². The molecule has 1 aromatic rings. The number of carbonyl (C=O) groups excluding carboxylic acids is 1. The minimum atomic E-state index is 0.158. The second-order valence-electron chi connectivity index (χ2n) is 7.28. The molecule has 2 saturated carbocycles. The lowest BCUT2D eigenvalue weighted by atomic mass is 9.84. The van der Waals surface area contributed by atoms with Gasteiger partial charge in [-0.15, -0.1) is 0 Å². The molecule has 0 aliphatic heterocycles. The van der Waals surface area contributed by atoms with Crippen molar-refractivity contribution >= 4 is 5.91 Å². The molecule has 0 aromatic carbocycles. The fourth-order valence-electron chi connectivity index (χ4n) is 3.73. The van der Waals surface area contributed by atoms with Crippen molar-refractivity contribution in [3.8, 4) is 0 Å². The Balaban J connectivity index is 1.40. The Hall–Kier alpha value is -1.36. The molecule has 1 aromatic heterocycles. The molecule has 0 unspecified atom stereocenters. The summed E-state index contributed by atoms with van der Waals surface area (Å²) < 4.78 is 0. The second-order valence-corrected chi connectivity index (χ2v) is 7.28. The third-order valence-corrected chi connectivity index (χ3v) is 5.62. The van der Waals surface area contributed by atoms with Crippen LogP contribution in [0.4, 0.5) is 0 Å². The molecule has 128 valence electrons. The van der Waals surface area contributed by atoms with Gasteiger partial charge in [-0.25, -0.2) is 0 Å². The maximum Gasteiger partial charge on any atom is 0.220 e. The molecule has 3 N–H and O–H groups in total. The van der Waals surface area contributed by atoms with Gasteiger partial charge in [-0.3, -0.25) is 9.89 Å². The van der Waals surface area contributed by atoms with E-state index in [1.807, 2.05) is 6.92 Å². The summed E-state index contributed by atoms with van der Waals surface area (Å²) in [6.45, 7) is 4.07. The summed E-state index contributed by atoms with van der Waals surface area (Å²) >= 11 is 0. The van der Waals surface area contributed by atoms with Gasteiger partial charge in [0.25, 0.3) is 0 Å². The number of rotatable bonds is 6. The van der Waals surface area contributed by atoms with Crippen LogP contribution in [0.5, 0.6) is 0 Å². The van der Waals surface area contributed by atoms with Crippen molar-refractivity contribution < 1.29 is 4.79 Å². The molecule has 2 aliphatic rings. The van der Waals surface area contributed by atoms with E-state index < -0.39 is 0 Å². The summed E-state index contributed by atoms with van der Waals surface area (Å²) in [6.07, 6.45) is 10.2. The van der Waals surface area contributed by atoms with Crippen LogP contribution in [0.15, 0.2) is 0 Å². The average molecular weight is 318 g/mol. The normalized spacial score (nSPS) is 25.1. The summed E-state index contributed by atoms with van der Waals surface area (Å²) in [5.74, 6) is 0.158. The Kier molecular flexibility index (Phi) is 5.36. The highest BCUT2D eigenvalue weighted by Crippen LogP contribution is 2.24. The molecule has 2 aliphatic carbocycles. The molecule has 0 radical (unpaired) electrons. The molecule has 0 spiro atoms. The van der Waals surface area contributed by atoms with E-state index in [4.69, 9.17) is 0 Å². The van der Waals surface area contributed by atoms with E-state index in [0.717, 1.165) is 24.2 Å². The molecule has 23 heavy (non-hydrogen) atoms. The van der Waals surface area contributed by atoms with Gasteiger partial charge in [0.15, 0.2) is 0 Å². The van der Waals surface area contributed by atoms with Gasteiger partial charge in [0.1, 0.15) is 0 Å². The molecular weight excluding hydrogens is 288 g/mol. The molecule has 0 saturated heterocycles. The monoisotopic (exact) mass is 318 g/mol. The first kappa shape index (κ1) is 16.5. The van der Waals surface area contributed by atoms with E-state index in [1.165, 1.54) is 44.1 Å². The van der Waals surface area contributed by atoms with Crippen molar-refractivity contribution in [1.29, 1.82) is 0 Å². The Labute approximate surface area is 139 Å². The first-order valence-electron chi connectivity index (χ1n) is 9.19. The van der Waals surface area contributed by atoms with Gasteiger partial charge < -0.3 is 10.6 Å². The second kappa shape index (κ2) is 7.47. The van der Waals surface area contributed by atoms with E-state index in [1.54, 1.807) is 0 Å². The number of hydrogen-bond acceptors (Lipinski definition) is 3. The predicted octanol–water partition coefficient (Wildman–Crippen LogP) is 2.53. The van der Waals surface area contributed by atoms with E-state index in [0.29, 0.717) is 24.5 Å². The van der Waals surface area contributed by atoms with Crippen LogP contribution in [0.2, 0.25) is 0 Å². The van der Waals surface area contributed by atoms with Gasteiger partial charge >= 0.3 is 0 Å². The van der Waals surface area contributed by atoms with Crippen LogP contribution in [-0.4, -0.2) is 34.2 Å². The Morgan fingerprint density at radius 2 is 1.87 bits per heavy atom. The Morgan fingerprint density at radius 3 is 2.48 bits per heavy atom. The number of aromatic amines is 1. The van der Waals surface area contributed by atoms with Crippen LogP contribution < -0.4 is 10.6 Å². The molecule has 2 atom stereocenters. The zero-order chi connectivity index (χ0) is 16.2. The molecular formula is C18H30N4O. The van der Waals surface area contributed by atoms with Gasteiger partial charge in [0, 0.05) is 36.7 Å². The quantitative estimate of drug-likeness (QED) is 0.755. The lowest BCUT2D eigenvalue weighted by Gasteiger charge is -2.41. The fourth-order valence-corrected chi connectivity index (χ4v) is 3.73. The number of amides is 1. The number of H-pyrrole nitrogens is 1. The summed E-state index contributed by atoms with van der Waals surface area (Å²) in [7, 11) is 0. The van der Waals surface area contributed by atoms with E-state index >= 15 is 0 Å². The third kappa shape index (κ3) is 4.14. The van der Waals surface area contributed by atoms with E-state index in [2.05, 4.69) is 27.8 Å². The largest absolute Gasteiger partial charge is 0.352 e. The standard InChI is InChI=1S/C18H30N4O/c1-12-13(2)21-22-15(12)10-11-18(23)20-17-9-8-16(17)19-14-6-4-3-5-7-14/h14,16-17,19H,3-11H2,1-2H3,(H,20,23)(H,21,22)/t16-,17+/m0/s1. The van der Waals surface area contributed by atoms with Crippen molar-refractivity contribution in [3.05, 3.63) is 17.0 Å². The van der Waals surface area contributed by atoms with Crippen molar-refractivity contribution in [2.75, 3.05) is 0 Å². The molecule has 1 amide bonds. The number of aryl methyl sites for hydroxylation is 2. The zero-order valence-electron chi connectivity index (χ0n) is 14.5. The minimum absolute atomic E-state index is 0.158. The van der Waals surface area contributed by atoms with Gasteiger partial charge in [-0.2, -0.15) is 5.10 Å². The molecule has 1 heterocycles. The molecule has 0 bridgehead atoms. The highest BCUT2D eigenvalue weighted by Gasteiger charge is 2.33. The van der Waals surface area contributed by atoms with Crippen LogP contribution in [0, 0.1) is 13.8 Å². The SMILES string of the molecule is Cc1[nH]nc(CCC(=O)N[C@@H]2CC[C@@H]2NC2CCCCC2)c1C. The zero-order valence-corrected chi connectivity index (χ0v) is 14.5. The van der Waals surface area contributed by atoms with Gasteiger partial charge in [-0.1, -0.05) is 19.3 Å². The fraction of sp³-hybridized carbons (Fsp3) is 0.778. The van der Waals surface area contributed by atoms with Crippen LogP contribution in [0.25, 0.3) is 0 Å². The number of carbonyl (C=O) groups is 1. The summed E-state index contributed by atoms with van der Waals surface area (Å²) in [5, 5.41) is 14.2. The van der Waals surface area contributed by atoms with Crippen molar-refractivity contribution in [3.63, 3.8) is 0 Å². The van der Waals surface area contributed by atoms with Crippen LogP contribution in [0.3, 0.4) is 0 Å². The Morgan fingerprint density at radius 1 is 1.13 bits per heavy atom. The number of hydrogen-bond donors (Lipinski definition) is 3. The number of aromatic nitrogens is 2. The van der Waals surface area contributed by atoms with Crippen LogP contribution >= 0.6 is 0 Å². The minimum Gasteiger partial charge on any atom is -0.352 e. The smallest absolute Gasteiger partial charge is 0.220 e. The summed E-state index contributed by atoms with van der Waals surface area (Å²) in [6, 6.07) is 1.48. The van der Waals surface area contributed by atoms with E-state index in [-0.39, 0.29) is 5.91 Å². The predicted molar refractivity (Wildman–Crippen MR) is 91.3 cm³/mol. The summed E-state index contributed by atoms with van der Waals surface area (Å²) in [5.41, 5.74) is 3.29. The highest BCUT2D eigenvalue weighted by molar-refractivity contribution is 5.76. The van der Waals surface area contributed by atoms with Gasteiger partial charge in [0.05, 0.1) is 5.69 Å². The third-order valence-electron chi connectivity index (χ3n) is 5.62. The van der Waals surface area contributed by atoms with Gasteiger partial charge in [0.2, 0.25) is 5.91 Å². The maximum absolute atomic E-state index is 12.2. The van der Waals surface area contributed by atoms with Crippen molar-refractivity contribution in [1.82, 2.24) is 20.8 Å². The van der Waals surface area contributed by atoms with Gasteiger partial charge in [-0.05, 0) is 45.1 Å². The molecule has 3 rings (SSSR count). The molecule has 5 heteroatoms. The van der Waals surface area contributed by atoms with Crippen molar-refractivity contribution in [2.45, 2.75) is 89.8 Å². The van der Waals surface area contributed by atoms with Crippen LogP contribution in [-0.2, 0) is 11.2 Å². The number of nitrogens with zero attached hydrogens (tertiary/aromatic N) is 1. The summed E-state index contributed by atoms with van der Waals surface area (Å²) in [4.78, 5) is 12.2. The Bertz CT molecular complexity index is 533.